The van der Waals surface area contributed by atoms with Gasteiger partial charge >= 0.3 is 0 Å². The first-order valence-corrected chi connectivity index (χ1v) is 6.64. The Morgan fingerprint density at radius 2 is 2.16 bits per heavy atom. The highest BCUT2D eigenvalue weighted by molar-refractivity contribution is 5.87. The largest absolute Gasteiger partial charge is 0.368 e. The third-order valence-electron chi connectivity index (χ3n) is 3.62. The maximum Gasteiger partial charge on any atom is 0.224 e. The van der Waals surface area contributed by atoms with Gasteiger partial charge in [-0.25, -0.2) is 0 Å². The van der Waals surface area contributed by atoms with Gasteiger partial charge in [0.25, 0.3) is 0 Å². The summed E-state index contributed by atoms with van der Waals surface area (Å²) in [7, 11) is 2.03. The average Bonchev–Trinajstić information content (AvgIpc) is 3.05. The first-order chi connectivity index (χ1) is 9.24. The molecule has 102 valence electrons. The molecule has 0 atom stereocenters. The van der Waals surface area contributed by atoms with E-state index in [2.05, 4.69) is 30.0 Å². The molecule has 0 spiro atoms. The van der Waals surface area contributed by atoms with Crippen molar-refractivity contribution >= 4 is 22.8 Å². The number of nitrogens with one attached hydrogen (secondary N) is 1. The lowest BCUT2D eigenvalue weighted by Crippen LogP contribution is -2.32. The zero-order valence-corrected chi connectivity index (χ0v) is 11.1. The van der Waals surface area contributed by atoms with Gasteiger partial charge in [0.05, 0.1) is 11.6 Å². The molecule has 1 fully saturated rings. The summed E-state index contributed by atoms with van der Waals surface area (Å²) < 4.78 is 0. The van der Waals surface area contributed by atoms with Crippen molar-refractivity contribution in [2.24, 2.45) is 0 Å². The number of fused-ring (bicyclic) bond motifs is 1. The van der Waals surface area contributed by atoms with Crippen molar-refractivity contribution < 1.29 is 0 Å². The molecule has 19 heavy (non-hydrogen) atoms. The van der Waals surface area contributed by atoms with Gasteiger partial charge in [0.2, 0.25) is 5.95 Å². The van der Waals surface area contributed by atoms with Gasteiger partial charge in [0, 0.05) is 20.1 Å². The first-order valence-electron chi connectivity index (χ1n) is 6.64. The topological polar surface area (TPSA) is 87.0 Å². The number of hydrogen-bond donors (Lipinski definition) is 2. The number of nitrogen functional groups attached to an aromatic ring is 1. The number of rotatable bonds is 4. The van der Waals surface area contributed by atoms with E-state index in [-0.39, 0.29) is 5.95 Å². The highest BCUT2D eigenvalue weighted by Gasteiger charge is 2.15. The predicted octanol–water partition coefficient (Wildman–Crippen LogP) is 0.467. The van der Waals surface area contributed by atoms with E-state index in [9.17, 15) is 0 Å². The fourth-order valence-corrected chi connectivity index (χ4v) is 2.53. The van der Waals surface area contributed by atoms with Crippen molar-refractivity contribution in [1.82, 2.24) is 25.1 Å². The number of nitrogens with zero attached hydrogens (tertiary/aromatic N) is 5. The second-order valence-corrected chi connectivity index (χ2v) is 5.01. The van der Waals surface area contributed by atoms with E-state index in [1.54, 1.807) is 6.20 Å². The molecule has 2 aromatic rings. The Morgan fingerprint density at radius 3 is 2.95 bits per heavy atom. The monoisotopic (exact) mass is 261 g/mol. The molecular formula is C12H19N7. The molecule has 0 saturated carbocycles. The number of nitrogens with two attached hydrogens (primary N) is 1. The van der Waals surface area contributed by atoms with Crippen LogP contribution in [0.4, 0.5) is 11.8 Å². The van der Waals surface area contributed by atoms with E-state index in [0.717, 1.165) is 24.3 Å². The van der Waals surface area contributed by atoms with Crippen LogP contribution in [-0.2, 0) is 0 Å². The van der Waals surface area contributed by atoms with Gasteiger partial charge in [-0.15, -0.1) is 0 Å². The van der Waals surface area contributed by atoms with E-state index in [1.807, 2.05) is 7.05 Å². The Hall–Kier alpha value is -1.89. The number of aromatic nitrogens is 4. The van der Waals surface area contributed by atoms with Gasteiger partial charge in [-0.05, 0) is 25.9 Å². The SMILES string of the molecule is CN(CCN1CCCC1)c1nc(N)nc2[nH]ncc12. The minimum atomic E-state index is 0.278. The van der Waals surface area contributed by atoms with Gasteiger partial charge in [0.1, 0.15) is 5.82 Å². The van der Waals surface area contributed by atoms with Gasteiger partial charge in [-0.2, -0.15) is 15.1 Å². The van der Waals surface area contributed by atoms with Crippen molar-refractivity contribution in [3.05, 3.63) is 6.20 Å². The predicted molar refractivity (Wildman–Crippen MR) is 75.0 cm³/mol. The molecule has 1 aliphatic heterocycles. The van der Waals surface area contributed by atoms with Crippen LogP contribution in [0.3, 0.4) is 0 Å². The third kappa shape index (κ3) is 2.46. The maximum absolute atomic E-state index is 5.73. The second kappa shape index (κ2) is 5.00. The van der Waals surface area contributed by atoms with Gasteiger partial charge in [-0.3, -0.25) is 5.10 Å². The number of anilines is 2. The van der Waals surface area contributed by atoms with E-state index in [4.69, 9.17) is 5.73 Å². The van der Waals surface area contributed by atoms with Crippen molar-refractivity contribution in [2.75, 3.05) is 43.9 Å². The summed E-state index contributed by atoms with van der Waals surface area (Å²) in [6.07, 6.45) is 4.38. The maximum atomic E-state index is 5.73. The molecule has 7 heteroatoms. The van der Waals surface area contributed by atoms with E-state index < -0.39 is 0 Å². The molecule has 0 aromatic carbocycles. The molecular weight excluding hydrogens is 242 g/mol. The third-order valence-corrected chi connectivity index (χ3v) is 3.62. The molecule has 0 bridgehead atoms. The fraction of sp³-hybridized carbons (Fsp3) is 0.583. The van der Waals surface area contributed by atoms with Crippen molar-refractivity contribution in [1.29, 1.82) is 0 Å². The summed E-state index contributed by atoms with van der Waals surface area (Å²) in [5.41, 5.74) is 6.42. The lowest BCUT2D eigenvalue weighted by atomic mass is 10.3. The van der Waals surface area contributed by atoms with E-state index >= 15 is 0 Å². The van der Waals surface area contributed by atoms with Crippen LogP contribution in [-0.4, -0.2) is 58.3 Å². The lowest BCUT2D eigenvalue weighted by molar-refractivity contribution is 0.346. The molecule has 0 unspecified atom stereocenters. The Balaban J connectivity index is 1.76. The minimum absolute atomic E-state index is 0.278. The summed E-state index contributed by atoms with van der Waals surface area (Å²) in [6, 6.07) is 0. The fourth-order valence-electron chi connectivity index (χ4n) is 2.53. The Morgan fingerprint density at radius 1 is 1.37 bits per heavy atom. The molecule has 0 amide bonds. The first kappa shape index (κ1) is 12.2. The number of likely N-dealkylation sites (N-methyl/N-ethyl adjacent to an activating group) is 1. The van der Waals surface area contributed by atoms with Crippen LogP contribution in [0.5, 0.6) is 0 Å². The zero-order chi connectivity index (χ0) is 13.2. The highest BCUT2D eigenvalue weighted by atomic mass is 15.2. The molecule has 0 radical (unpaired) electrons. The summed E-state index contributed by atoms with van der Waals surface area (Å²) in [5, 5.41) is 7.75. The molecule has 1 aliphatic rings. The number of hydrogen-bond acceptors (Lipinski definition) is 6. The summed E-state index contributed by atoms with van der Waals surface area (Å²) in [5.74, 6) is 1.12. The van der Waals surface area contributed by atoms with Crippen molar-refractivity contribution in [3.63, 3.8) is 0 Å². The van der Waals surface area contributed by atoms with Crippen molar-refractivity contribution in [3.8, 4) is 0 Å². The standard InChI is InChI=1S/C12H19N7/c1-18(6-7-19-4-2-3-5-19)11-9-8-14-17-10(9)15-12(13)16-11/h8H,2-7H2,1H3,(H3,13,14,15,16,17). The van der Waals surface area contributed by atoms with Gasteiger partial charge in [-0.1, -0.05) is 0 Å². The molecule has 3 rings (SSSR count). The highest BCUT2D eigenvalue weighted by Crippen LogP contribution is 2.21. The van der Waals surface area contributed by atoms with E-state index in [1.165, 1.54) is 25.9 Å². The lowest BCUT2D eigenvalue weighted by Gasteiger charge is -2.22. The van der Waals surface area contributed by atoms with Crippen LogP contribution >= 0.6 is 0 Å². The Kier molecular flexibility index (Phi) is 3.20. The van der Waals surface area contributed by atoms with Crippen LogP contribution in [0.1, 0.15) is 12.8 Å². The molecule has 0 aliphatic carbocycles. The molecule has 7 nitrogen and oxygen atoms in total. The number of aromatic amines is 1. The summed E-state index contributed by atoms with van der Waals surface area (Å²) >= 11 is 0. The number of likely N-dealkylation sites (tertiary alicyclic amines) is 1. The quantitative estimate of drug-likeness (QED) is 0.832. The summed E-state index contributed by atoms with van der Waals surface area (Å²) in [6.45, 7) is 4.40. The van der Waals surface area contributed by atoms with Crippen LogP contribution in [0.15, 0.2) is 6.20 Å². The van der Waals surface area contributed by atoms with Gasteiger partial charge < -0.3 is 15.5 Å². The van der Waals surface area contributed by atoms with Crippen LogP contribution in [0.25, 0.3) is 11.0 Å². The summed E-state index contributed by atoms with van der Waals surface area (Å²) in [4.78, 5) is 13.1. The Bertz CT molecular complexity index is 558. The van der Waals surface area contributed by atoms with Gasteiger partial charge in [0.15, 0.2) is 5.65 Å². The van der Waals surface area contributed by atoms with Crippen LogP contribution in [0, 0.1) is 0 Å². The number of H-pyrrole nitrogens is 1. The second-order valence-electron chi connectivity index (χ2n) is 5.01. The minimum Gasteiger partial charge on any atom is -0.368 e. The van der Waals surface area contributed by atoms with Crippen molar-refractivity contribution in [2.45, 2.75) is 12.8 Å². The molecule has 3 N–H and O–H groups in total. The van der Waals surface area contributed by atoms with Crippen LogP contribution in [0.2, 0.25) is 0 Å². The van der Waals surface area contributed by atoms with E-state index in [0.29, 0.717) is 5.65 Å². The zero-order valence-electron chi connectivity index (χ0n) is 11.1. The normalized spacial score (nSPS) is 16.3. The molecule has 2 aromatic heterocycles. The smallest absolute Gasteiger partial charge is 0.224 e. The van der Waals surface area contributed by atoms with Crippen LogP contribution < -0.4 is 10.6 Å². The average molecular weight is 261 g/mol. The Labute approximate surface area is 111 Å². The molecule has 1 saturated heterocycles. The molecule has 3 heterocycles.